The number of amides is 2. The highest BCUT2D eigenvalue weighted by atomic mass is 79.9. The zero-order chi connectivity index (χ0) is 16.8. The maximum absolute atomic E-state index is 13.2. The van der Waals surface area contributed by atoms with E-state index in [1.165, 1.54) is 6.07 Å². The predicted molar refractivity (Wildman–Crippen MR) is 89.2 cm³/mol. The molecule has 1 unspecified atom stereocenters. The monoisotopic (exact) mass is 385 g/mol. The van der Waals surface area contributed by atoms with E-state index < -0.39 is 0 Å². The molecular weight excluding hydrogens is 365 g/mol. The Morgan fingerprint density at radius 2 is 2.22 bits per heavy atom. The molecule has 0 saturated carbocycles. The number of nitrogens with zero attached hydrogens (tertiary/aromatic N) is 1. The number of benzene rings is 1. The number of nitrogens with two attached hydrogens (primary N) is 1. The van der Waals surface area contributed by atoms with Crippen molar-refractivity contribution in [1.29, 1.82) is 0 Å². The van der Waals surface area contributed by atoms with Crippen molar-refractivity contribution in [2.24, 2.45) is 11.7 Å². The van der Waals surface area contributed by atoms with Crippen molar-refractivity contribution in [1.82, 2.24) is 10.2 Å². The highest BCUT2D eigenvalue weighted by Crippen LogP contribution is 2.20. The van der Waals surface area contributed by atoms with Gasteiger partial charge in [-0.05, 0) is 46.5 Å². The van der Waals surface area contributed by atoms with Gasteiger partial charge in [0, 0.05) is 26.2 Å². The lowest BCUT2D eigenvalue weighted by molar-refractivity contribution is -0.135. The predicted octanol–water partition coefficient (Wildman–Crippen LogP) is 1.44. The molecule has 1 aliphatic rings. The summed E-state index contributed by atoms with van der Waals surface area (Å²) in [5, 5.41) is 2.78. The lowest BCUT2D eigenvalue weighted by Gasteiger charge is -2.32. The first-order valence-electron chi connectivity index (χ1n) is 7.70. The number of hydrogen-bond acceptors (Lipinski definition) is 3. The summed E-state index contributed by atoms with van der Waals surface area (Å²) in [6.07, 6.45) is 1.79. The van der Waals surface area contributed by atoms with E-state index in [4.69, 9.17) is 5.73 Å². The molecule has 2 amide bonds. The van der Waals surface area contributed by atoms with Crippen molar-refractivity contribution in [3.8, 4) is 0 Å². The van der Waals surface area contributed by atoms with Gasteiger partial charge in [-0.2, -0.15) is 0 Å². The lowest BCUT2D eigenvalue weighted by Crippen LogP contribution is -2.46. The van der Waals surface area contributed by atoms with Crippen LogP contribution in [0.5, 0.6) is 0 Å². The second-order valence-electron chi connectivity index (χ2n) is 5.68. The van der Waals surface area contributed by atoms with Gasteiger partial charge >= 0.3 is 0 Å². The Balaban J connectivity index is 1.93. The number of hydrogen-bond donors (Lipinski definition) is 2. The molecule has 1 atom stereocenters. The molecule has 5 nitrogen and oxygen atoms in total. The van der Waals surface area contributed by atoms with Crippen LogP contribution in [0.3, 0.4) is 0 Å². The van der Waals surface area contributed by atoms with Gasteiger partial charge < -0.3 is 16.0 Å². The summed E-state index contributed by atoms with van der Waals surface area (Å²) in [6, 6.07) is 4.56. The fourth-order valence-corrected chi connectivity index (χ4v) is 3.12. The summed E-state index contributed by atoms with van der Waals surface area (Å²) < 4.78 is 13.6. The third-order valence-corrected chi connectivity index (χ3v) is 4.54. The first kappa shape index (κ1) is 17.9. The zero-order valence-corrected chi connectivity index (χ0v) is 14.4. The van der Waals surface area contributed by atoms with Gasteiger partial charge in [0.15, 0.2) is 0 Å². The number of nitrogens with one attached hydrogen (secondary N) is 1. The minimum atomic E-state index is -0.351. The van der Waals surface area contributed by atoms with E-state index in [-0.39, 0.29) is 30.0 Å². The average molecular weight is 386 g/mol. The Morgan fingerprint density at radius 3 is 2.91 bits per heavy atom. The number of rotatable bonds is 5. The van der Waals surface area contributed by atoms with E-state index in [1.54, 1.807) is 17.0 Å². The molecule has 0 spiro atoms. The maximum atomic E-state index is 13.2. The highest BCUT2D eigenvalue weighted by molar-refractivity contribution is 9.10. The van der Waals surface area contributed by atoms with Crippen LogP contribution in [-0.4, -0.2) is 42.9 Å². The van der Waals surface area contributed by atoms with Crippen LogP contribution in [0.1, 0.15) is 18.4 Å². The number of halogens is 2. The molecule has 126 valence electrons. The van der Waals surface area contributed by atoms with Crippen molar-refractivity contribution in [3.05, 3.63) is 34.1 Å². The average Bonchev–Trinajstić information content (AvgIpc) is 2.56. The molecule has 0 aliphatic carbocycles. The van der Waals surface area contributed by atoms with Gasteiger partial charge in [0.2, 0.25) is 11.8 Å². The zero-order valence-electron chi connectivity index (χ0n) is 12.9. The molecular formula is C16H21BrFN3O2. The van der Waals surface area contributed by atoms with Crippen molar-refractivity contribution in [2.75, 3.05) is 26.2 Å². The lowest BCUT2D eigenvalue weighted by atomic mass is 9.96. The Morgan fingerprint density at radius 1 is 1.43 bits per heavy atom. The number of likely N-dealkylation sites (tertiary alicyclic amines) is 1. The Hall–Kier alpha value is -1.47. The number of carbonyl (C=O) groups excluding carboxylic acids is 2. The van der Waals surface area contributed by atoms with Crippen LogP contribution in [0, 0.1) is 11.7 Å². The summed E-state index contributed by atoms with van der Waals surface area (Å²) in [5.41, 5.74) is 6.13. The van der Waals surface area contributed by atoms with Crippen LogP contribution in [0.2, 0.25) is 0 Å². The van der Waals surface area contributed by atoms with Crippen LogP contribution in [0.25, 0.3) is 0 Å². The summed E-state index contributed by atoms with van der Waals surface area (Å²) >= 11 is 3.12. The fraction of sp³-hybridized carbons (Fsp3) is 0.500. The van der Waals surface area contributed by atoms with Crippen LogP contribution >= 0.6 is 15.9 Å². The quantitative estimate of drug-likeness (QED) is 0.805. The fourth-order valence-electron chi connectivity index (χ4n) is 2.69. The molecule has 0 aromatic heterocycles. The van der Waals surface area contributed by atoms with Crippen molar-refractivity contribution in [2.45, 2.75) is 19.3 Å². The summed E-state index contributed by atoms with van der Waals surface area (Å²) in [4.78, 5) is 26.1. The Kier molecular flexibility index (Phi) is 6.53. The molecule has 0 bridgehead atoms. The largest absolute Gasteiger partial charge is 0.355 e. The molecule has 3 N–H and O–H groups in total. The van der Waals surface area contributed by atoms with Crippen LogP contribution in [0.4, 0.5) is 4.39 Å². The topological polar surface area (TPSA) is 75.4 Å². The molecule has 1 fully saturated rings. The van der Waals surface area contributed by atoms with Gasteiger partial charge in [-0.15, -0.1) is 0 Å². The second-order valence-corrected chi connectivity index (χ2v) is 6.54. The molecule has 2 rings (SSSR count). The van der Waals surface area contributed by atoms with E-state index in [0.717, 1.165) is 18.4 Å². The van der Waals surface area contributed by atoms with Crippen molar-refractivity contribution in [3.63, 3.8) is 0 Å². The number of piperidine rings is 1. The normalized spacial score (nSPS) is 17.9. The van der Waals surface area contributed by atoms with Crippen LogP contribution in [0.15, 0.2) is 22.7 Å². The molecule has 7 heteroatoms. The van der Waals surface area contributed by atoms with Gasteiger partial charge in [-0.1, -0.05) is 6.07 Å². The number of carbonyl (C=O) groups is 2. The Labute approximate surface area is 143 Å². The first-order chi connectivity index (χ1) is 11.0. The molecule has 1 aliphatic heterocycles. The van der Waals surface area contributed by atoms with E-state index in [2.05, 4.69) is 21.2 Å². The van der Waals surface area contributed by atoms with E-state index in [1.807, 2.05) is 0 Å². The second kappa shape index (κ2) is 8.40. The summed E-state index contributed by atoms with van der Waals surface area (Å²) in [7, 11) is 0. The minimum Gasteiger partial charge on any atom is -0.355 e. The van der Waals surface area contributed by atoms with E-state index in [9.17, 15) is 14.0 Å². The van der Waals surface area contributed by atoms with Gasteiger partial charge in [-0.25, -0.2) is 4.39 Å². The molecule has 1 saturated heterocycles. The van der Waals surface area contributed by atoms with Gasteiger partial charge in [-0.3, -0.25) is 9.59 Å². The summed E-state index contributed by atoms with van der Waals surface area (Å²) in [5.74, 6) is -0.618. The minimum absolute atomic E-state index is 0.0418. The third-order valence-electron chi connectivity index (χ3n) is 3.93. The van der Waals surface area contributed by atoms with Crippen LogP contribution < -0.4 is 11.1 Å². The SMILES string of the molecule is NCCNC(=O)C1CCCN(C(=O)Cc2ccc(F)c(Br)c2)C1. The first-order valence-corrected chi connectivity index (χ1v) is 8.50. The maximum Gasteiger partial charge on any atom is 0.227 e. The van der Waals surface area contributed by atoms with Gasteiger partial charge in [0.1, 0.15) is 5.82 Å². The van der Waals surface area contributed by atoms with Crippen LogP contribution in [-0.2, 0) is 16.0 Å². The third kappa shape index (κ3) is 5.00. The Bertz CT molecular complexity index is 582. The summed E-state index contributed by atoms with van der Waals surface area (Å²) in [6.45, 7) is 1.94. The van der Waals surface area contributed by atoms with Gasteiger partial charge in [0.05, 0.1) is 16.8 Å². The molecule has 1 heterocycles. The smallest absolute Gasteiger partial charge is 0.227 e. The molecule has 1 aromatic carbocycles. The van der Waals surface area contributed by atoms with E-state index in [0.29, 0.717) is 30.7 Å². The molecule has 23 heavy (non-hydrogen) atoms. The molecule has 0 radical (unpaired) electrons. The van der Waals surface area contributed by atoms with Gasteiger partial charge in [0.25, 0.3) is 0 Å². The molecule has 1 aromatic rings. The van der Waals surface area contributed by atoms with E-state index >= 15 is 0 Å². The van der Waals surface area contributed by atoms with Crippen molar-refractivity contribution >= 4 is 27.7 Å². The van der Waals surface area contributed by atoms with Crippen molar-refractivity contribution < 1.29 is 14.0 Å². The highest BCUT2D eigenvalue weighted by Gasteiger charge is 2.28. The standard InChI is InChI=1S/C16H21BrFN3O2/c17-13-8-11(3-4-14(13)18)9-15(22)21-7-1-2-12(10-21)16(23)20-6-5-19/h3-4,8,12H,1-2,5-7,9-10,19H2,(H,20,23).